The Labute approximate surface area is 118 Å². The van der Waals surface area contributed by atoms with Crippen molar-refractivity contribution in [2.24, 2.45) is 0 Å². The van der Waals surface area contributed by atoms with E-state index in [0.717, 1.165) is 0 Å². The minimum atomic E-state index is -4.26. The van der Waals surface area contributed by atoms with Gasteiger partial charge in [-0.25, -0.2) is 9.78 Å². The van der Waals surface area contributed by atoms with Gasteiger partial charge in [-0.15, -0.1) is 0 Å². The summed E-state index contributed by atoms with van der Waals surface area (Å²) in [5, 5.41) is 9.68. The number of carboxylic acids is 1. The first-order valence-corrected chi connectivity index (χ1v) is 6.19. The molecule has 0 spiro atoms. The Morgan fingerprint density at radius 1 is 1.33 bits per heavy atom. The predicted molar refractivity (Wildman–Crippen MR) is 72.6 cm³/mol. The van der Waals surface area contributed by atoms with Gasteiger partial charge in [-0.3, -0.25) is 0 Å². The fourth-order valence-corrected chi connectivity index (χ4v) is 1.94. The number of halogens is 3. The lowest BCUT2D eigenvalue weighted by atomic mass is 10.1. The summed E-state index contributed by atoms with van der Waals surface area (Å²) in [6, 6.07) is 7.92. The summed E-state index contributed by atoms with van der Waals surface area (Å²) in [7, 11) is 1.45. The van der Waals surface area contributed by atoms with Crippen molar-refractivity contribution in [2.45, 2.75) is 12.6 Å². The summed E-state index contributed by atoms with van der Waals surface area (Å²) in [6.07, 6.45) is -5.25. The zero-order valence-electron chi connectivity index (χ0n) is 11.2. The quantitative estimate of drug-likeness (QED) is 0.940. The summed E-state index contributed by atoms with van der Waals surface area (Å²) in [6.45, 7) is -0.284. The fourth-order valence-electron chi connectivity index (χ4n) is 1.94. The summed E-state index contributed by atoms with van der Waals surface area (Å²) in [5.41, 5.74) is 0.459. The van der Waals surface area contributed by atoms with Crippen LogP contribution in [0.1, 0.15) is 16.8 Å². The van der Waals surface area contributed by atoms with E-state index in [-0.39, 0.29) is 17.9 Å². The highest BCUT2D eigenvalue weighted by atomic mass is 19.4. The molecule has 0 aliphatic carbocycles. The number of hydrogen-bond acceptors (Lipinski definition) is 3. The van der Waals surface area contributed by atoms with Crippen molar-refractivity contribution in [1.29, 1.82) is 0 Å². The average molecular weight is 298 g/mol. The molecule has 1 aromatic heterocycles. The number of fused-ring (bicyclic) bond motifs is 1. The standard InChI is InChI=1S/C14H13F3N2O2/c1-19(7-6-14(15,16)17)12-8-10(13(20)21)9-4-2-3-5-11(9)18-12/h2-5,8H,6-7H2,1H3,(H,20,21). The number of aromatic carboxylic acids is 1. The first-order valence-electron chi connectivity index (χ1n) is 6.19. The van der Waals surface area contributed by atoms with Crippen LogP contribution in [-0.2, 0) is 0 Å². The van der Waals surface area contributed by atoms with Crippen LogP contribution in [0.2, 0.25) is 0 Å². The largest absolute Gasteiger partial charge is 0.478 e. The molecule has 0 amide bonds. The molecule has 0 bridgehead atoms. The van der Waals surface area contributed by atoms with Crippen LogP contribution in [-0.4, -0.2) is 35.8 Å². The van der Waals surface area contributed by atoms with E-state index in [9.17, 15) is 23.1 Å². The minimum absolute atomic E-state index is 0.0226. The maximum absolute atomic E-state index is 12.3. The number of anilines is 1. The molecular formula is C14H13F3N2O2. The highest BCUT2D eigenvalue weighted by molar-refractivity contribution is 6.03. The third kappa shape index (κ3) is 3.62. The van der Waals surface area contributed by atoms with E-state index in [1.807, 2.05) is 0 Å². The van der Waals surface area contributed by atoms with E-state index in [1.165, 1.54) is 18.0 Å². The van der Waals surface area contributed by atoms with Gasteiger partial charge in [-0.2, -0.15) is 13.2 Å². The Morgan fingerprint density at radius 3 is 2.62 bits per heavy atom. The molecule has 4 nitrogen and oxygen atoms in total. The number of nitrogens with zero attached hydrogens (tertiary/aromatic N) is 2. The van der Waals surface area contributed by atoms with Crippen molar-refractivity contribution in [3.05, 3.63) is 35.9 Å². The number of aromatic nitrogens is 1. The fraction of sp³-hybridized carbons (Fsp3) is 0.286. The monoisotopic (exact) mass is 298 g/mol. The molecule has 0 atom stereocenters. The molecule has 1 aromatic carbocycles. The molecule has 0 unspecified atom stereocenters. The maximum Gasteiger partial charge on any atom is 0.390 e. The molecule has 0 radical (unpaired) electrons. The molecule has 21 heavy (non-hydrogen) atoms. The number of carbonyl (C=O) groups is 1. The van der Waals surface area contributed by atoms with Gasteiger partial charge in [0.05, 0.1) is 17.5 Å². The minimum Gasteiger partial charge on any atom is -0.478 e. The third-order valence-corrected chi connectivity index (χ3v) is 3.05. The van der Waals surface area contributed by atoms with Crippen molar-refractivity contribution in [2.75, 3.05) is 18.5 Å². The van der Waals surface area contributed by atoms with Gasteiger partial charge in [0.25, 0.3) is 0 Å². The molecule has 0 fully saturated rings. The Balaban J connectivity index is 2.38. The molecule has 0 saturated heterocycles. The van der Waals surface area contributed by atoms with Gasteiger partial charge in [0.15, 0.2) is 0 Å². The van der Waals surface area contributed by atoms with Gasteiger partial charge >= 0.3 is 12.1 Å². The van der Waals surface area contributed by atoms with Crippen LogP contribution in [0.3, 0.4) is 0 Å². The molecule has 112 valence electrons. The van der Waals surface area contributed by atoms with Crippen LogP contribution >= 0.6 is 0 Å². The number of pyridine rings is 1. The van der Waals surface area contributed by atoms with Gasteiger partial charge in [0.2, 0.25) is 0 Å². The summed E-state index contributed by atoms with van der Waals surface area (Å²) >= 11 is 0. The molecule has 0 aliphatic rings. The number of para-hydroxylation sites is 1. The number of carboxylic acid groups (broad SMARTS) is 1. The summed E-state index contributed by atoms with van der Waals surface area (Å²) in [5.74, 6) is -0.936. The number of rotatable bonds is 4. The van der Waals surface area contributed by atoms with Crippen LogP contribution in [0.5, 0.6) is 0 Å². The van der Waals surface area contributed by atoms with Crippen LogP contribution in [0.25, 0.3) is 10.9 Å². The molecule has 1 heterocycles. The zero-order valence-corrected chi connectivity index (χ0v) is 11.2. The van der Waals surface area contributed by atoms with Crippen LogP contribution in [0.15, 0.2) is 30.3 Å². The highest BCUT2D eigenvalue weighted by Gasteiger charge is 2.27. The normalized spacial score (nSPS) is 11.6. The smallest absolute Gasteiger partial charge is 0.390 e. The van der Waals surface area contributed by atoms with Crippen molar-refractivity contribution >= 4 is 22.7 Å². The summed E-state index contributed by atoms with van der Waals surface area (Å²) in [4.78, 5) is 16.8. The van der Waals surface area contributed by atoms with Gasteiger partial charge in [-0.1, -0.05) is 18.2 Å². The van der Waals surface area contributed by atoms with Gasteiger partial charge < -0.3 is 10.0 Å². The molecule has 0 aliphatic heterocycles. The SMILES string of the molecule is CN(CCC(F)(F)F)c1cc(C(=O)O)c2ccccc2n1. The maximum atomic E-state index is 12.3. The van der Waals surface area contributed by atoms with Gasteiger partial charge in [-0.05, 0) is 12.1 Å². The second-order valence-electron chi connectivity index (χ2n) is 4.64. The molecule has 7 heteroatoms. The van der Waals surface area contributed by atoms with Crippen molar-refractivity contribution in [3.63, 3.8) is 0 Å². The second-order valence-corrected chi connectivity index (χ2v) is 4.64. The summed E-state index contributed by atoms with van der Waals surface area (Å²) < 4.78 is 36.8. The Bertz CT molecular complexity index is 671. The lowest BCUT2D eigenvalue weighted by molar-refractivity contribution is -0.132. The van der Waals surface area contributed by atoms with E-state index in [2.05, 4.69) is 4.98 Å². The van der Waals surface area contributed by atoms with Crippen molar-refractivity contribution in [1.82, 2.24) is 4.98 Å². The molecule has 2 aromatic rings. The van der Waals surface area contributed by atoms with Gasteiger partial charge in [0.1, 0.15) is 5.82 Å². The second kappa shape index (κ2) is 5.59. The van der Waals surface area contributed by atoms with Crippen molar-refractivity contribution in [3.8, 4) is 0 Å². The predicted octanol–water partition coefficient (Wildman–Crippen LogP) is 3.32. The Morgan fingerprint density at radius 2 is 2.00 bits per heavy atom. The zero-order chi connectivity index (χ0) is 15.6. The van der Waals surface area contributed by atoms with Crippen molar-refractivity contribution < 1.29 is 23.1 Å². The van der Waals surface area contributed by atoms with Crippen LogP contribution in [0, 0.1) is 0 Å². The molecule has 0 saturated carbocycles. The highest BCUT2D eigenvalue weighted by Crippen LogP contribution is 2.24. The van der Waals surface area contributed by atoms with Crippen LogP contribution in [0.4, 0.5) is 19.0 Å². The van der Waals surface area contributed by atoms with E-state index in [0.29, 0.717) is 10.9 Å². The van der Waals surface area contributed by atoms with E-state index < -0.39 is 18.6 Å². The average Bonchev–Trinajstić information content (AvgIpc) is 2.42. The number of benzene rings is 1. The first-order chi connectivity index (χ1) is 9.78. The third-order valence-electron chi connectivity index (χ3n) is 3.05. The van der Waals surface area contributed by atoms with E-state index in [1.54, 1.807) is 24.3 Å². The molecule has 2 rings (SSSR count). The van der Waals surface area contributed by atoms with E-state index >= 15 is 0 Å². The Kier molecular flexibility index (Phi) is 4.02. The number of hydrogen-bond donors (Lipinski definition) is 1. The lowest BCUT2D eigenvalue weighted by Gasteiger charge is -2.20. The van der Waals surface area contributed by atoms with Gasteiger partial charge in [0, 0.05) is 19.0 Å². The number of alkyl halides is 3. The molecule has 1 N–H and O–H groups in total. The molecular weight excluding hydrogens is 285 g/mol. The Hall–Kier alpha value is -2.31. The lowest BCUT2D eigenvalue weighted by Crippen LogP contribution is -2.25. The van der Waals surface area contributed by atoms with E-state index in [4.69, 9.17) is 0 Å². The topological polar surface area (TPSA) is 53.4 Å². The van der Waals surface area contributed by atoms with Crippen LogP contribution < -0.4 is 4.90 Å². The first kappa shape index (κ1) is 15.1.